The average molecular weight is 439 g/mol. The summed E-state index contributed by atoms with van der Waals surface area (Å²) < 4.78 is 12.0. The predicted octanol–water partition coefficient (Wildman–Crippen LogP) is 5.70. The number of hydrogen-bond donors (Lipinski definition) is 0. The number of hydrogen-bond acceptors (Lipinski definition) is 6. The Kier molecular flexibility index (Phi) is 6.11. The van der Waals surface area contributed by atoms with E-state index in [0.717, 1.165) is 21.3 Å². The number of aromatic nitrogens is 1. The summed E-state index contributed by atoms with van der Waals surface area (Å²) >= 11 is 3.18. The molecule has 0 saturated heterocycles. The zero-order valence-corrected chi connectivity index (χ0v) is 18.7. The van der Waals surface area contributed by atoms with E-state index >= 15 is 0 Å². The van der Waals surface area contributed by atoms with Crippen molar-refractivity contribution in [3.05, 3.63) is 71.7 Å². The van der Waals surface area contributed by atoms with Gasteiger partial charge in [0.05, 0.1) is 31.0 Å². The number of furan rings is 1. The van der Waals surface area contributed by atoms with Gasteiger partial charge in [-0.3, -0.25) is 9.69 Å². The van der Waals surface area contributed by atoms with Gasteiger partial charge in [-0.1, -0.05) is 29.5 Å². The lowest BCUT2D eigenvalue weighted by atomic mass is 10.1. The van der Waals surface area contributed by atoms with Gasteiger partial charge in [0.2, 0.25) is 5.91 Å². The summed E-state index contributed by atoms with van der Waals surface area (Å²) in [7, 11) is 1.63. The van der Waals surface area contributed by atoms with Crippen molar-refractivity contribution in [2.24, 2.45) is 0 Å². The predicted molar refractivity (Wildman–Crippen MR) is 123 cm³/mol. The number of aryl methyl sites for hydroxylation is 1. The maximum atomic E-state index is 13.3. The van der Waals surface area contributed by atoms with Crippen molar-refractivity contribution < 1.29 is 13.9 Å². The molecular formula is C23H22N2O3S2. The van der Waals surface area contributed by atoms with Crippen molar-refractivity contribution in [3.8, 4) is 5.75 Å². The Morgan fingerprint density at radius 2 is 2.00 bits per heavy atom. The molecule has 5 nitrogen and oxygen atoms in total. The molecule has 0 bridgehead atoms. The van der Waals surface area contributed by atoms with Crippen LogP contribution in [-0.2, 0) is 17.8 Å². The third-order valence-electron chi connectivity index (χ3n) is 4.85. The second kappa shape index (κ2) is 8.93. The van der Waals surface area contributed by atoms with Crippen molar-refractivity contribution in [3.63, 3.8) is 0 Å². The number of benzene rings is 2. The summed E-state index contributed by atoms with van der Waals surface area (Å²) in [4.78, 5) is 21.0. The van der Waals surface area contributed by atoms with Crippen molar-refractivity contribution >= 4 is 44.4 Å². The number of rotatable bonds is 7. The fraction of sp³-hybridized carbons (Fsp3) is 0.217. The first kappa shape index (κ1) is 20.5. The van der Waals surface area contributed by atoms with Gasteiger partial charge in [-0.2, -0.15) is 0 Å². The standard InChI is InChI=1S/C23H22N2O3S2/c1-15-6-11-19(27-2)21-22(15)30-23(24-21)25(14-17-5-4-12-28-17)20(26)13-16-7-9-18(29-3)10-8-16/h4-12H,13-14H2,1-3H3. The van der Waals surface area contributed by atoms with Gasteiger partial charge in [-0.05, 0) is 54.6 Å². The van der Waals surface area contributed by atoms with Gasteiger partial charge in [0.1, 0.15) is 17.0 Å². The first-order valence-electron chi connectivity index (χ1n) is 9.49. The van der Waals surface area contributed by atoms with E-state index in [1.807, 2.05) is 61.7 Å². The van der Waals surface area contributed by atoms with E-state index < -0.39 is 0 Å². The first-order valence-corrected chi connectivity index (χ1v) is 11.5. The lowest BCUT2D eigenvalue weighted by Gasteiger charge is -2.19. The van der Waals surface area contributed by atoms with Gasteiger partial charge >= 0.3 is 0 Å². The highest BCUT2D eigenvalue weighted by atomic mass is 32.2. The van der Waals surface area contributed by atoms with Crippen molar-refractivity contribution in [1.29, 1.82) is 0 Å². The summed E-state index contributed by atoms with van der Waals surface area (Å²) in [5, 5.41) is 0.639. The van der Waals surface area contributed by atoms with Gasteiger partial charge < -0.3 is 9.15 Å². The summed E-state index contributed by atoms with van der Waals surface area (Å²) in [6.07, 6.45) is 3.95. The normalized spacial score (nSPS) is 11.0. The summed E-state index contributed by atoms with van der Waals surface area (Å²) in [5.74, 6) is 1.39. The number of nitrogens with zero attached hydrogens (tertiary/aromatic N) is 2. The van der Waals surface area contributed by atoms with E-state index in [4.69, 9.17) is 14.1 Å². The largest absolute Gasteiger partial charge is 0.494 e. The number of carbonyl (C=O) groups excluding carboxylic acids is 1. The molecule has 2 aromatic heterocycles. The molecule has 0 aliphatic heterocycles. The van der Waals surface area contributed by atoms with E-state index in [-0.39, 0.29) is 5.91 Å². The molecule has 154 valence electrons. The monoisotopic (exact) mass is 438 g/mol. The molecule has 2 heterocycles. The van der Waals surface area contributed by atoms with E-state index in [2.05, 4.69) is 0 Å². The maximum Gasteiger partial charge on any atom is 0.233 e. The molecule has 30 heavy (non-hydrogen) atoms. The molecule has 7 heteroatoms. The molecule has 1 amide bonds. The lowest BCUT2D eigenvalue weighted by molar-refractivity contribution is -0.118. The number of fused-ring (bicyclic) bond motifs is 1. The molecule has 0 fully saturated rings. The van der Waals surface area contributed by atoms with Crippen LogP contribution in [0.1, 0.15) is 16.9 Å². The topological polar surface area (TPSA) is 55.6 Å². The van der Waals surface area contributed by atoms with E-state index in [1.165, 1.54) is 16.2 Å². The minimum absolute atomic E-state index is 0.0287. The Bertz CT molecular complexity index is 1150. The van der Waals surface area contributed by atoms with Crippen molar-refractivity contribution in [1.82, 2.24) is 4.98 Å². The molecule has 4 aromatic rings. The Morgan fingerprint density at radius 1 is 1.20 bits per heavy atom. The Balaban J connectivity index is 1.69. The van der Waals surface area contributed by atoms with Crippen molar-refractivity contribution in [2.45, 2.75) is 24.8 Å². The summed E-state index contributed by atoms with van der Waals surface area (Å²) in [6, 6.07) is 15.7. The molecule has 0 radical (unpaired) electrons. The molecule has 0 saturated carbocycles. The molecule has 0 aliphatic carbocycles. The minimum Gasteiger partial charge on any atom is -0.494 e. The van der Waals surface area contributed by atoms with Crippen LogP contribution >= 0.6 is 23.1 Å². The molecule has 0 aliphatic rings. The number of thiazole rings is 1. The molecule has 0 unspecified atom stereocenters. The molecule has 0 N–H and O–H groups in total. The highest BCUT2D eigenvalue weighted by molar-refractivity contribution is 7.98. The zero-order chi connectivity index (χ0) is 21.1. The number of ether oxygens (including phenoxy) is 1. The smallest absolute Gasteiger partial charge is 0.233 e. The van der Waals surface area contributed by atoms with Gasteiger partial charge in [0.25, 0.3) is 0 Å². The van der Waals surface area contributed by atoms with E-state index in [9.17, 15) is 4.79 Å². The second-order valence-electron chi connectivity index (χ2n) is 6.84. The van der Waals surface area contributed by atoms with Gasteiger partial charge in [-0.25, -0.2) is 4.98 Å². The van der Waals surface area contributed by atoms with Gasteiger partial charge in [0, 0.05) is 4.90 Å². The second-order valence-corrected chi connectivity index (χ2v) is 8.70. The van der Waals surface area contributed by atoms with Crippen LogP contribution < -0.4 is 9.64 Å². The molecule has 0 spiro atoms. The fourth-order valence-electron chi connectivity index (χ4n) is 3.21. The molecular weight excluding hydrogens is 416 g/mol. The first-order chi connectivity index (χ1) is 14.6. The van der Waals surface area contributed by atoms with E-state index in [0.29, 0.717) is 29.6 Å². The lowest BCUT2D eigenvalue weighted by Crippen LogP contribution is -2.31. The quantitative estimate of drug-likeness (QED) is 0.346. The highest BCUT2D eigenvalue weighted by Crippen LogP contribution is 2.37. The number of thioether (sulfide) groups is 1. The zero-order valence-electron chi connectivity index (χ0n) is 17.0. The number of anilines is 1. The third kappa shape index (κ3) is 4.22. The number of carbonyl (C=O) groups is 1. The van der Waals surface area contributed by atoms with Crippen molar-refractivity contribution in [2.75, 3.05) is 18.3 Å². The maximum absolute atomic E-state index is 13.3. The third-order valence-corrected chi connectivity index (χ3v) is 6.81. The average Bonchev–Trinajstić information content (AvgIpc) is 3.43. The Morgan fingerprint density at radius 3 is 2.67 bits per heavy atom. The summed E-state index contributed by atoms with van der Waals surface area (Å²) in [6.45, 7) is 2.37. The number of amides is 1. The summed E-state index contributed by atoms with van der Waals surface area (Å²) in [5.41, 5.74) is 2.85. The van der Waals surface area contributed by atoms with Gasteiger partial charge in [-0.15, -0.1) is 11.8 Å². The highest BCUT2D eigenvalue weighted by Gasteiger charge is 2.23. The van der Waals surface area contributed by atoms with Crippen LogP contribution in [0.5, 0.6) is 5.75 Å². The van der Waals surface area contributed by atoms with Crippen LogP contribution in [0.2, 0.25) is 0 Å². The van der Waals surface area contributed by atoms with Crippen LogP contribution in [0.3, 0.4) is 0 Å². The molecule has 0 atom stereocenters. The number of methoxy groups -OCH3 is 1. The van der Waals surface area contributed by atoms with Crippen LogP contribution in [0.4, 0.5) is 5.13 Å². The Labute approximate surface area is 183 Å². The minimum atomic E-state index is -0.0287. The SMILES string of the molecule is COc1ccc(C)c2sc(N(Cc3ccco3)C(=O)Cc3ccc(SC)cc3)nc12. The van der Waals surface area contributed by atoms with Crippen LogP contribution in [0, 0.1) is 6.92 Å². The molecule has 4 rings (SSSR count). The van der Waals surface area contributed by atoms with E-state index in [1.54, 1.807) is 30.0 Å². The van der Waals surface area contributed by atoms with Crippen LogP contribution in [0.25, 0.3) is 10.2 Å². The Hall–Kier alpha value is -2.77. The van der Waals surface area contributed by atoms with Gasteiger partial charge in [0.15, 0.2) is 5.13 Å². The van der Waals surface area contributed by atoms with Crippen LogP contribution in [-0.4, -0.2) is 24.3 Å². The molecule has 2 aromatic carbocycles. The fourth-order valence-corrected chi connectivity index (χ4v) is 4.69. The van der Waals surface area contributed by atoms with Crippen LogP contribution in [0.15, 0.2) is 64.1 Å².